The van der Waals surface area contributed by atoms with Crippen LogP contribution in [0.25, 0.3) is 0 Å². The summed E-state index contributed by atoms with van der Waals surface area (Å²) in [5.41, 5.74) is 6.54. The summed E-state index contributed by atoms with van der Waals surface area (Å²) in [5, 5.41) is 2.95. The maximum atomic E-state index is 12.1. The first-order valence-corrected chi connectivity index (χ1v) is 8.20. The highest BCUT2D eigenvalue weighted by atomic mass is 32.2. The number of carbonyl (C=O) groups is 1. The number of nitrogens with zero attached hydrogens (tertiary/aromatic N) is 1. The fourth-order valence-corrected chi connectivity index (χ4v) is 2.78. The van der Waals surface area contributed by atoms with Crippen molar-refractivity contribution < 1.29 is 4.79 Å². The fraction of sp³-hybridized carbons (Fsp3) is 0.500. The molecule has 0 unspecified atom stereocenters. The number of nitrogens with one attached hydrogen (secondary N) is 1. The second kappa shape index (κ2) is 7.59. The van der Waals surface area contributed by atoms with Gasteiger partial charge in [-0.3, -0.25) is 9.78 Å². The van der Waals surface area contributed by atoms with Crippen LogP contribution in [0.5, 0.6) is 0 Å². The summed E-state index contributed by atoms with van der Waals surface area (Å²) < 4.78 is 0.0917. The Morgan fingerprint density at radius 3 is 2.50 bits per heavy atom. The van der Waals surface area contributed by atoms with Crippen LogP contribution >= 0.6 is 24.0 Å². The molecule has 6 heteroatoms. The number of hydrogen-bond donors (Lipinski definition) is 2. The molecule has 4 nitrogen and oxygen atoms in total. The first-order valence-electron chi connectivity index (χ1n) is 6.57. The molecular formula is C14H21N3OS2. The average Bonchev–Trinajstić information content (AvgIpc) is 2.49. The lowest BCUT2D eigenvalue weighted by atomic mass is 10.0. The molecule has 0 fully saturated rings. The molecule has 0 radical (unpaired) electrons. The van der Waals surface area contributed by atoms with E-state index in [1.165, 1.54) is 6.20 Å². The maximum absolute atomic E-state index is 12.1. The van der Waals surface area contributed by atoms with Gasteiger partial charge in [-0.15, -0.1) is 0 Å². The van der Waals surface area contributed by atoms with E-state index >= 15 is 0 Å². The minimum atomic E-state index is -0.167. The van der Waals surface area contributed by atoms with E-state index in [1.54, 1.807) is 23.9 Å². The van der Waals surface area contributed by atoms with E-state index in [4.69, 9.17) is 18.0 Å². The molecule has 0 aliphatic carbocycles. The molecule has 0 atom stereocenters. The summed E-state index contributed by atoms with van der Waals surface area (Å²) in [4.78, 5) is 16.4. The van der Waals surface area contributed by atoms with Crippen LogP contribution in [-0.2, 0) is 0 Å². The monoisotopic (exact) mass is 311 g/mol. The standard InChI is InChI=1S/C14H21N3OS2/c1-4-14(5-2,20-3)9-17-13(18)11-7-6-10(8-16-11)12(15)19/h6-8H,4-5,9H2,1-3H3,(H2,15,19)(H,17,18). The number of nitrogens with two attached hydrogens (primary N) is 1. The van der Waals surface area contributed by atoms with E-state index in [1.807, 2.05) is 0 Å². The molecule has 1 aromatic heterocycles. The Bertz CT molecular complexity index is 462. The molecule has 0 spiro atoms. The van der Waals surface area contributed by atoms with Gasteiger partial charge in [-0.25, -0.2) is 0 Å². The number of aromatic nitrogens is 1. The number of carbonyl (C=O) groups excluding carboxylic acids is 1. The molecule has 1 heterocycles. The van der Waals surface area contributed by atoms with Crippen molar-refractivity contribution in [2.75, 3.05) is 12.8 Å². The molecule has 110 valence electrons. The highest BCUT2D eigenvalue weighted by Gasteiger charge is 2.25. The van der Waals surface area contributed by atoms with Crippen molar-refractivity contribution in [2.24, 2.45) is 5.73 Å². The molecule has 0 saturated carbocycles. The Kier molecular flexibility index (Phi) is 6.42. The summed E-state index contributed by atoms with van der Waals surface area (Å²) >= 11 is 6.64. The largest absolute Gasteiger partial charge is 0.389 e. The van der Waals surface area contributed by atoms with Gasteiger partial charge in [0, 0.05) is 23.1 Å². The molecule has 20 heavy (non-hydrogen) atoms. The first kappa shape index (κ1) is 16.9. The van der Waals surface area contributed by atoms with Crippen LogP contribution in [0.2, 0.25) is 0 Å². The quantitative estimate of drug-likeness (QED) is 0.757. The van der Waals surface area contributed by atoms with Gasteiger partial charge in [-0.1, -0.05) is 26.1 Å². The molecule has 1 aromatic rings. The Hall–Kier alpha value is -1.14. The van der Waals surface area contributed by atoms with Crippen molar-refractivity contribution in [1.29, 1.82) is 0 Å². The summed E-state index contributed by atoms with van der Waals surface area (Å²) in [5.74, 6) is -0.167. The number of hydrogen-bond acceptors (Lipinski definition) is 4. The average molecular weight is 311 g/mol. The Morgan fingerprint density at radius 1 is 1.45 bits per heavy atom. The second-order valence-corrected chi connectivity index (χ2v) is 6.29. The van der Waals surface area contributed by atoms with Crippen molar-refractivity contribution in [1.82, 2.24) is 10.3 Å². The van der Waals surface area contributed by atoms with Crippen molar-refractivity contribution in [3.8, 4) is 0 Å². The zero-order chi connectivity index (χ0) is 15.2. The van der Waals surface area contributed by atoms with E-state index in [9.17, 15) is 4.79 Å². The number of rotatable bonds is 7. The molecule has 1 rings (SSSR count). The van der Waals surface area contributed by atoms with Crippen LogP contribution < -0.4 is 11.1 Å². The topological polar surface area (TPSA) is 68.0 Å². The van der Waals surface area contributed by atoms with Gasteiger partial charge in [0.1, 0.15) is 10.7 Å². The van der Waals surface area contributed by atoms with Crippen LogP contribution in [0.15, 0.2) is 18.3 Å². The Morgan fingerprint density at radius 2 is 2.10 bits per heavy atom. The minimum Gasteiger partial charge on any atom is -0.389 e. The third-order valence-electron chi connectivity index (χ3n) is 3.57. The van der Waals surface area contributed by atoms with Gasteiger partial charge in [-0.05, 0) is 31.2 Å². The highest BCUT2D eigenvalue weighted by Crippen LogP contribution is 2.29. The normalized spacial score (nSPS) is 11.2. The first-order chi connectivity index (χ1) is 9.48. The highest BCUT2D eigenvalue weighted by molar-refractivity contribution is 8.00. The van der Waals surface area contributed by atoms with Crippen LogP contribution in [-0.4, -0.2) is 33.4 Å². The van der Waals surface area contributed by atoms with Crippen molar-refractivity contribution in [3.63, 3.8) is 0 Å². The zero-order valence-electron chi connectivity index (χ0n) is 12.1. The molecular weight excluding hydrogens is 290 g/mol. The second-order valence-electron chi connectivity index (χ2n) is 4.57. The van der Waals surface area contributed by atoms with Gasteiger partial charge < -0.3 is 11.1 Å². The molecule has 3 N–H and O–H groups in total. The van der Waals surface area contributed by atoms with E-state index in [-0.39, 0.29) is 15.6 Å². The van der Waals surface area contributed by atoms with Crippen LogP contribution in [0.1, 0.15) is 42.7 Å². The molecule has 0 aliphatic heterocycles. The zero-order valence-corrected chi connectivity index (χ0v) is 13.7. The number of thioether (sulfide) groups is 1. The SMILES string of the molecule is CCC(CC)(CNC(=O)c1ccc(C(N)=S)cn1)SC. The smallest absolute Gasteiger partial charge is 0.269 e. The van der Waals surface area contributed by atoms with Crippen molar-refractivity contribution in [2.45, 2.75) is 31.4 Å². The summed E-state index contributed by atoms with van der Waals surface area (Å²) in [6, 6.07) is 3.36. The Balaban J connectivity index is 2.69. The molecule has 1 amide bonds. The predicted molar refractivity (Wildman–Crippen MR) is 89.3 cm³/mol. The van der Waals surface area contributed by atoms with E-state index < -0.39 is 0 Å². The van der Waals surface area contributed by atoms with Crippen LogP contribution in [0, 0.1) is 0 Å². The lowest BCUT2D eigenvalue weighted by Crippen LogP contribution is -2.39. The fourth-order valence-electron chi connectivity index (χ4n) is 1.87. The van der Waals surface area contributed by atoms with E-state index in [2.05, 4.69) is 30.4 Å². The molecule has 0 saturated heterocycles. The molecule has 0 aliphatic rings. The van der Waals surface area contributed by atoms with Gasteiger partial charge in [0.2, 0.25) is 0 Å². The molecule has 0 aromatic carbocycles. The predicted octanol–water partition coefficient (Wildman–Crippen LogP) is 2.37. The maximum Gasteiger partial charge on any atom is 0.269 e. The van der Waals surface area contributed by atoms with E-state index in [0.29, 0.717) is 17.8 Å². The lowest BCUT2D eigenvalue weighted by Gasteiger charge is -2.29. The van der Waals surface area contributed by atoms with E-state index in [0.717, 1.165) is 12.8 Å². The van der Waals surface area contributed by atoms with Gasteiger partial charge in [0.15, 0.2) is 0 Å². The summed E-state index contributed by atoms with van der Waals surface area (Å²) in [6.07, 6.45) is 5.63. The number of thiocarbonyl (C=S) groups is 1. The lowest BCUT2D eigenvalue weighted by molar-refractivity contribution is 0.0944. The van der Waals surface area contributed by atoms with Gasteiger partial charge in [-0.2, -0.15) is 11.8 Å². The summed E-state index contributed by atoms with van der Waals surface area (Å²) in [6.45, 7) is 4.92. The van der Waals surface area contributed by atoms with Gasteiger partial charge in [0.25, 0.3) is 5.91 Å². The van der Waals surface area contributed by atoms with Crippen LogP contribution in [0.4, 0.5) is 0 Å². The third-order valence-corrected chi connectivity index (χ3v) is 5.40. The number of amides is 1. The van der Waals surface area contributed by atoms with Gasteiger partial charge in [0.05, 0.1) is 0 Å². The Labute approximate surface area is 129 Å². The van der Waals surface area contributed by atoms with Gasteiger partial charge >= 0.3 is 0 Å². The molecule has 0 bridgehead atoms. The third kappa shape index (κ3) is 4.18. The van der Waals surface area contributed by atoms with Crippen molar-refractivity contribution >= 4 is 34.9 Å². The number of pyridine rings is 1. The summed E-state index contributed by atoms with van der Waals surface area (Å²) in [7, 11) is 0. The minimum absolute atomic E-state index is 0.0917. The van der Waals surface area contributed by atoms with Crippen LogP contribution in [0.3, 0.4) is 0 Å². The van der Waals surface area contributed by atoms with Crippen molar-refractivity contribution in [3.05, 3.63) is 29.6 Å².